The first-order valence-electron chi connectivity index (χ1n) is 4.73. The van der Waals surface area contributed by atoms with E-state index in [-0.39, 0.29) is 5.00 Å². The van der Waals surface area contributed by atoms with Crippen LogP contribution in [0.1, 0.15) is 5.01 Å². The summed E-state index contributed by atoms with van der Waals surface area (Å²) in [5.41, 5.74) is 0. The molecule has 0 bridgehead atoms. The molecule has 0 N–H and O–H groups in total. The van der Waals surface area contributed by atoms with Crippen molar-refractivity contribution in [2.75, 3.05) is 0 Å². The fourth-order valence-electron chi connectivity index (χ4n) is 1.24. The molecule has 0 saturated carbocycles. The summed E-state index contributed by atoms with van der Waals surface area (Å²) in [6.07, 6.45) is 2.82. The van der Waals surface area contributed by atoms with Crippen molar-refractivity contribution in [3.05, 3.63) is 32.9 Å². The van der Waals surface area contributed by atoms with Gasteiger partial charge in [-0.15, -0.1) is 21.6 Å². The minimum atomic E-state index is -1.11. The summed E-state index contributed by atoms with van der Waals surface area (Å²) >= 11 is 3.43. The average Bonchev–Trinajstić information content (AvgIpc) is 3.10. The lowest BCUT2D eigenvalue weighted by Gasteiger charge is -2.13. The van der Waals surface area contributed by atoms with E-state index in [9.17, 15) is 10.1 Å². The third-order valence-electron chi connectivity index (χ3n) is 1.99. The second-order valence-electron chi connectivity index (χ2n) is 3.15. The molecule has 0 radical (unpaired) electrons. The summed E-state index contributed by atoms with van der Waals surface area (Å²) in [6.45, 7) is 0. The van der Waals surface area contributed by atoms with Gasteiger partial charge >= 0.3 is 5.00 Å². The molecule has 12 heteroatoms. The number of hydrogen-bond acceptors (Lipinski definition) is 11. The van der Waals surface area contributed by atoms with Crippen LogP contribution in [0.2, 0.25) is 0 Å². The lowest BCUT2D eigenvalue weighted by molar-refractivity contribution is -0.380. The van der Waals surface area contributed by atoms with Crippen LogP contribution < -0.4 is 0 Å². The van der Waals surface area contributed by atoms with E-state index in [0.29, 0.717) is 9.35 Å². The van der Waals surface area contributed by atoms with E-state index in [1.807, 2.05) is 0 Å². The van der Waals surface area contributed by atoms with Gasteiger partial charge < -0.3 is 0 Å². The highest BCUT2D eigenvalue weighted by atomic mass is 32.2. The number of thiazole rings is 2. The first kappa shape index (κ1) is 12.3. The van der Waals surface area contributed by atoms with Crippen LogP contribution in [0.3, 0.4) is 0 Å². The Hall–Kier alpha value is -1.79. The third-order valence-corrected chi connectivity index (χ3v) is 5.16. The average molecular weight is 313 g/mol. The van der Waals surface area contributed by atoms with Gasteiger partial charge in [-0.25, -0.2) is 9.97 Å². The van der Waals surface area contributed by atoms with Crippen molar-refractivity contribution in [1.29, 1.82) is 0 Å². The molecule has 9 nitrogen and oxygen atoms in total. The predicted molar refractivity (Wildman–Crippen MR) is 68.1 cm³/mol. The van der Waals surface area contributed by atoms with Crippen molar-refractivity contribution in [2.24, 2.45) is 20.7 Å². The molecule has 0 aromatic carbocycles. The van der Waals surface area contributed by atoms with E-state index in [4.69, 9.17) is 0 Å². The Bertz CT molecular complexity index is 652. The van der Waals surface area contributed by atoms with E-state index in [2.05, 4.69) is 30.6 Å². The Balaban J connectivity index is 1.92. The van der Waals surface area contributed by atoms with Gasteiger partial charge in [-0.2, -0.15) is 0 Å². The molecule has 0 spiro atoms. The van der Waals surface area contributed by atoms with Gasteiger partial charge in [-0.1, -0.05) is 0 Å². The van der Waals surface area contributed by atoms with Crippen molar-refractivity contribution in [3.8, 4) is 0 Å². The molecule has 0 fully saturated rings. The lowest BCUT2D eigenvalue weighted by atomic mass is 10.5. The van der Waals surface area contributed by atoms with Crippen molar-refractivity contribution in [2.45, 2.75) is 9.33 Å². The fourth-order valence-corrected chi connectivity index (χ4v) is 4.00. The van der Waals surface area contributed by atoms with Gasteiger partial charge in [0, 0.05) is 11.6 Å². The van der Waals surface area contributed by atoms with Crippen LogP contribution >= 0.6 is 34.4 Å². The van der Waals surface area contributed by atoms with Crippen molar-refractivity contribution in [3.63, 3.8) is 0 Å². The summed E-state index contributed by atoms with van der Waals surface area (Å²) in [5.74, 6) is 0. The van der Waals surface area contributed by atoms with Crippen LogP contribution in [0.5, 0.6) is 0 Å². The van der Waals surface area contributed by atoms with Gasteiger partial charge in [0.05, 0.1) is 4.92 Å². The van der Waals surface area contributed by atoms with Crippen molar-refractivity contribution < 1.29 is 4.92 Å². The summed E-state index contributed by atoms with van der Waals surface area (Å²) in [4.78, 5) is 17.1. The van der Waals surface area contributed by atoms with E-state index >= 15 is 0 Å². The molecule has 0 saturated heterocycles. The summed E-state index contributed by atoms with van der Waals surface area (Å²) in [5, 5.41) is 27.9. The Kier molecular flexibility index (Phi) is 3.04. The molecule has 1 aliphatic heterocycles. The number of nitro groups is 1. The van der Waals surface area contributed by atoms with Crippen LogP contribution in [0.25, 0.3) is 0 Å². The summed E-state index contributed by atoms with van der Waals surface area (Å²) in [7, 11) is 0. The normalized spacial score (nSPS) is 16.0. The standard InChI is InChI=1S/C7H3N7O2S3/c15-14(16)4-3-9-6(18-4)19-7(10-12-13-11-7)5-8-1-2-17-5/h1-3H. The van der Waals surface area contributed by atoms with Crippen LogP contribution in [-0.2, 0) is 4.99 Å². The highest BCUT2D eigenvalue weighted by molar-refractivity contribution is 8.02. The maximum Gasteiger partial charge on any atom is 0.344 e. The molecule has 19 heavy (non-hydrogen) atoms. The van der Waals surface area contributed by atoms with Gasteiger partial charge in [0.1, 0.15) is 6.20 Å². The van der Waals surface area contributed by atoms with E-state index in [1.54, 1.807) is 11.6 Å². The van der Waals surface area contributed by atoms with E-state index in [0.717, 1.165) is 23.1 Å². The largest absolute Gasteiger partial charge is 0.344 e. The Labute approximate surface area is 117 Å². The maximum absolute atomic E-state index is 10.6. The SMILES string of the molecule is O=[N+]([O-])c1cnc(SC2(c3nccs3)N=NN=N2)s1. The van der Waals surface area contributed by atoms with E-state index < -0.39 is 9.92 Å². The zero-order chi connectivity index (χ0) is 13.3. The van der Waals surface area contributed by atoms with Crippen LogP contribution in [-0.4, -0.2) is 14.9 Å². The minimum absolute atomic E-state index is 0.0383. The molecule has 0 unspecified atom stereocenters. The number of aromatic nitrogens is 2. The topological polar surface area (TPSA) is 118 Å². The van der Waals surface area contributed by atoms with Gasteiger partial charge in [0.15, 0.2) is 9.35 Å². The molecular formula is C7H3N7O2S3. The lowest BCUT2D eigenvalue weighted by Crippen LogP contribution is -2.12. The smallest absolute Gasteiger partial charge is 0.257 e. The first-order chi connectivity index (χ1) is 9.20. The minimum Gasteiger partial charge on any atom is -0.257 e. The molecule has 0 atom stereocenters. The molecule has 0 amide bonds. The molecule has 2 aromatic rings. The maximum atomic E-state index is 10.6. The monoisotopic (exact) mass is 313 g/mol. The molecule has 96 valence electrons. The van der Waals surface area contributed by atoms with Gasteiger partial charge in [0.2, 0.25) is 0 Å². The Morgan fingerprint density at radius 1 is 1.32 bits per heavy atom. The van der Waals surface area contributed by atoms with Gasteiger partial charge in [0.25, 0.3) is 4.99 Å². The van der Waals surface area contributed by atoms with E-state index in [1.165, 1.54) is 17.5 Å². The molecule has 0 aliphatic carbocycles. The first-order valence-corrected chi connectivity index (χ1v) is 7.24. The molecule has 3 rings (SSSR count). The second-order valence-corrected chi connectivity index (χ2v) is 6.47. The van der Waals surface area contributed by atoms with Gasteiger partial charge in [-0.3, -0.25) is 10.1 Å². The molecular weight excluding hydrogens is 310 g/mol. The van der Waals surface area contributed by atoms with Gasteiger partial charge in [-0.05, 0) is 33.5 Å². The van der Waals surface area contributed by atoms with Crippen LogP contribution in [0, 0.1) is 10.1 Å². The molecule has 3 heterocycles. The molecule has 2 aromatic heterocycles. The Morgan fingerprint density at radius 3 is 2.68 bits per heavy atom. The zero-order valence-corrected chi connectivity index (χ0v) is 11.4. The number of nitrogens with zero attached hydrogens (tertiary/aromatic N) is 7. The highest BCUT2D eigenvalue weighted by Gasteiger charge is 2.41. The van der Waals surface area contributed by atoms with Crippen LogP contribution in [0.4, 0.5) is 5.00 Å². The fraction of sp³-hybridized carbons (Fsp3) is 0.143. The Morgan fingerprint density at radius 2 is 2.11 bits per heavy atom. The number of rotatable bonds is 4. The zero-order valence-electron chi connectivity index (χ0n) is 8.90. The number of thioether (sulfide) groups is 1. The highest BCUT2D eigenvalue weighted by Crippen LogP contribution is 2.48. The quantitative estimate of drug-likeness (QED) is 0.634. The van der Waals surface area contributed by atoms with Crippen LogP contribution in [0.15, 0.2) is 42.8 Å². The third kappa shape index (κ3) is 2.24. The second kappa shape index (κ2) is 4.71. The summed E-state index contributed by atoms with van der Waals surface area (Å²) in [6, 6.07) is 0. The predicted octanol–water partition coefficient (Wildman–Crippen LogP) is 3.24. The van der Waals surface area contributed by atoms with Crippen molar-refractivity contribution >= 4 is 39.4 Å². The summed E-state index contributed by atoms with van der Waals surface area (Å²) < 4.78 is 0.460. The number of hydrogen-bond donors (Lipinski definition) is 0. The molecule has 1 aliphatic rings. The van der Waals surface area contributed by atoms with Crippen molar-refractivity contribution in [1.82, 2.24) is 9.97 Å².